The second-order valence-electron chi connectivity index (χ2n) is 11.7. The van der Waals surface area contributed by atoms with Gasteiger partial charge in [-0.2, -0.15) is 5.10 Å². The summed E-state index contributed by atoms with van der Waals surface area (Å²) in [6, 6.07) is 6.81. The summed E-state index contributed by atoms with van der Waals surface area (Å²) in [5, 5.41) is 15.4. The zero-order valence-corrected chi connectivity index (χ0v) is 25.5. The fourth-order valence-electron chi connectivity index (χ4n) is 6.23. The second kappa shape index (κ2) is 10.5. The van der Waals surface area contributed by atoms with Crippen LogP contribution >= 0.6 is 15.9 Å². The number of aliphatic hydroxyl groups excluding tert-OH is 1. The van der Waals surface area contributed by atoms with Crippen LogP contribution in [0.25, 0.3) is 22.0 Å². The molecule has 6 rings (SSSR count). The third-order valence-electron chi connectivity index (χ3n) is 8.63. The highest BCUT2D eigenvalue weighted by atomic mass is 79.9. The molecule has 42 heavy (non-hydrogen) atoms. The Labute approximate surface area is 251 Å². The van der Waals surface area contributed by atoms with E-state index in [1.165, 1.54) is 11.6 Å². The van der Waals surface area contributed by atoms with Gasteiger partial charge in [0.2, 0.25) is 5.91 Å². The molecule has 4 aromatic rings. The van der Waals surface area contributed by atoms with E-state index < -0.39 is 6.04 Å². The van der Waals surface area contributed by atoms with Gasteiger partial charge in [0, 0.05) is 41.9 Å². The Kier molecular flexibility index (Phi) is 7.05. The number of halogens is 1. The van der Waals surface area contributed by atoms with E-state index in [0.29, 0.717) is 39.0 Å². The summed E-state index contributed by atoms with van der Waals surface area (Å²) in [5.41, 5.74) is 4.25. The fourth-order valence-corrected chi connectivity index (χ4v) is 6.58. The van der Waals surface area contributed by atoms with Crippen LogP contribution in [0.3, 0.4) is 0 Å². The molecule has 216 valence electrons. The molecule has 1 N–H and O–H groups in total. The zero-order chi connectivity index (χ0) is 29.9. The number of Topliss-reactive ketones (excluding diaryl/α,β-unsaturated/α-hetero) is 2. The summed E-state index contributed by atoms with van der Waals surface area (Å²) in [6.07, 6.45) is 4.97. The van der Waals surface area contributed by atoms with Gasteiger partial charge in [0.1, 0.15) is 22.7 Å². The van der Waals surface area contributed by atoms with E-state index in [0.717, 1.165) is 23.1 Å². The van der Waals surface area contributed by atoms with Crippen molar-refractivity contribution in [1.82, 2.24) is 29.6 Å². The van der Waals surface area contributed by atoms with Crippen molar-refractivity contribution in [3.8, 4) is 11.1 Å². The number of nitrogens with zero attached hydrogens (tertiary/aromatic N) is 6. The summed E-state index contributed by atoms with van der Waals surface area (Å²) >= 11 is 3.39. The van der Waals surface area contributed by atoms with Gasteiger partial charge in [0.25, 0.3) is 0 Å². The first kappa shape index (κ1) is 28.3. The Balaban J connectivity index is 1.34. The molecule has 0 spiro atoms. The van der Waals surface area contributed by atoms with Crippen LogP contribution in [0.2, 0.25) is 0 Å². The normalized spacial score (nSPS) is 21.0. The van der Waals surface area contributed by atoms with Crippen molar-refractivity contribution in [2.45, 2.75) is 72.2 Å². The molecule has 4 heterocycles. The number of hydrogen-bond acceptors (Lipinski definition) is 8. The quantitative estimate of drug-likeness (QED) is 0.227. The lowest BCUT2D eigenvalue weighted by atomic mass is 9.96. The molecule has 2 aliphatic rings. The SMILES string of the molecule is CC(=O)c1nn(CC(=O)N2[C@H](C(=O)Cc3nc(Br)ccc3C)C[C@@]3(C)C[C@@H]23)c2c(CO)cc(-c3cnc(C)nc3)cc12. The highest BCUT2D eigenvalue weighted by Crippen LogP contribution is 2.59. The van der Waals surface area contributed by atoms with Gasteiger partial charge in [-0.05, 0) is 77.4 Å². The Morgan fingerprint density at radius 1 is 1.10 bits per heavy atom. The van der Waals surface area contributed by atoms with Crippen LogP contribution in [0.1, 0.15) is 59.8 Å². The van der Waals surface area contributed by atoms with E-state index >= 15 is 0 Å². The molecule has 0 radical (unpaired) electrons. The summed E-state index contributed by atoms with van der Waals surface area (Å²) in [7, 11) is 0. The molecule has 11 heteroatoms. The highest BCUT2D eigenvalue weighted by molar-refractivity contribution is 9.10. The van der Waals surface area contributed by atoms with E-state index in [1.54, 1.807) is 30.3 Å². The predicted molar refractivity (Wildman–Crippen MR) is 159 cm³/mol. The minimum Gasteiger partial charge on any atom is -0.392 e. The number of fused-ring (bicyclic) bond motifs is 2. The molecule has 1 aliphatic heterocycles. The first-order valence-electron chi connectivity index (χ1n) is 13.9. The number of rotatable bonds is 8. The number of aromatic nitrogens is 5. The van der Waals surface area contributed by atoms with E-state index in [1.807, 2.05) is 25.1 Å². The van der Waals surface area contributed by atoms with Crippen molar-refractivity contribution in [1.29, 1.82) is 0 Å². The summed E-state index contributed by atoms with van der Waals surface area (Å²) in [5.74, 6) is 0.0962. The lowest BCUT2D eigenvalue weighted by molar-refractivity contribution is -0.139. The minimum atomic E-state index is -0.555. The minimum absolute atomic E-state index is 0.0185. The number of ketones is 2. The second-order valence-corrected chi connectivity index (χ2v) is 12.5. The molecule has 1 saturated carbocycles. The van der Waals surface area contributed by atoms with E-state index in [9.17, 15) is 19.5 Å². The van der Waals surface area contributed by atoms with E-state index in [-0.39, 0.29) is 54.2 Å². The van der Waals surface area contributed by atoms with Gasteiger partial charge < -0.3 is 10.0 Å². The Morgan fingerprint density at radius 3 is 2.52 bits per heavy atom. The number of piperidine rings is 1. The summed E-state index contributed by atoms with van der Waals surface area (Å²) in [6.45, 7) is 6.78. The van der Waals surface area contributed by atoms with E-state index in [2.05, 4.69) is 42.9 Å². The lowest BCUT2D eigenvalue weighted by Gasteiger charge is -2.27. The maximum absolute atomic E-state index is 14.0. The fraction of sp³-hybridized carbons (Fsp3) is 0.387. The standard InChI is InChI=1S/C31H31BrN6O4/c1-16-5-6-27(32)35-23(16)9-25(41)24-10-31(4)11-26(31)38(24)28(42)14-37-30-20(15-39)7-19(21-12-33-18(3)34-13-21)8-22(30)29(36-37)17(2)40/h5-8,12-13,24,26,39H,9-11,14-15H2,1-4H3/t24-,26+,31-/m0/s1. The molecule has 1 saturated heterocycles. The molecule has 1 aromatic carbocycles. The molecule has 2 fully saturated rings. The number of aryl methyl sites for hydroxylation is 2. The van der Waals surface area contributed by atoms with Gasteiger partial charge in [-0.25, -0.2) is 15.0 Å². The third kappa shape index (κ3) is 4.94. The van der Waals surface area contributed by atoms with E-state index in [4.69, 9.17) is 0 Å². The smallest absolute Gasteiger partial charge is 0.245 e. The number of amides is 1. The number of aliphatic hydroxyl groups is 1. The van der Waals surface area contributed by atoms with Crippen molar-refractivity contribution in [3.63, 3.8) is 0 Å². The number of hydrogen-bond donors (Lipinski definition) is 1. The van der Waals surface area contributed by atoms with Crippen molar-refractivity contribution in [2.24, 2.45) is 5.41 Å². The molecular weight excluding hydrogens is 600 g/mol. The largest absolute Gasteiger partial charge is 0.392 e. The van der Waals surface area contributed by atoms with Crippen LogP contribution in [0.5, 0.6) is 0 Å². The van der Waals surface area contributed by atoms with Crippen LogP contribution < -0.4 is 0 Å². The van der Waals surface area contributed by atoms with Crippen molar-refractivity contribution >= 4 is 44.3 Å². The number of carbonyl (C=O) groups excluding carboxylic acids is 3. The first-order chi connectivity index (χ1) is 20.0. The van der Waals surface area contributed by atoms with Crippen molar-refractivity contribution in [2.75, 3.05) is 0 Å². The monoisotopic (exact) mass is 630 g/mol. The molecule has 0 bridgehead atoms. The van der Waals surface area contributed by atoms with Gasteiger partial charge in [-0.3, -0.25) is 19.1 Å². The Bertz CT molecular complexity index is 1770. The topological polar surface area (TPSA) is 131 Å². The molecule has 3 aromatic heterocycles. The van der Waals surface area contributed by atoms with Crippen LogP contribution in [0.4, 0.5) is 0 Å². The lowest BCUT2D eigenvalue weighted by Crippen LogP contribution is -2.45. The highest BCUT2D eigenvalue weighted by Gasteiger charge is 2.64. The van der Waals surface area contributed by atoms with Crippen LogP contribution in [-0.2, 0) is 29.2 Å². The van der Waals surface area contributed by atoms with Gasteiger partial charge >= 0.3 is 0 Å². The maximum atomic E-state index is 14.0. The molecule has 1 amide bonds. The third-order valence-corrected chi connectivity index (χ3v) is 9.07. The average molecular weight is 632 g/mol. The average Bonchev–Trinajstić information content (AvgIpc) is 3.31. The predicted octanol–water partition coefficient (Wildman–Crippen LogP) is 4.15. The number of likely N-dealkylation sites (tertiary alicyclic amines) is 1. The molecule has 3 atom stereocenters. The molecular formula is C31H31BrN6O4. The van der Waals surface area contributed by atoms with Crippen molar-refractivity contribution in [3.05, 3.63) is 69.6 Å². The number of benzene rings is 1. The summed E-state index contributed by atoms with van der Waals surface area (Å²) in [4.78, 5) is 55.0. The molecule has 1 aliphatic carbocycles. The Hall–Kier alpha value is -3.83. The number of pyridine rings is 1. The van der Waals surface area contributed by atoms with Gasteiger partial charge in [0.15, 0.2) is 11.6 Å². The van der Waals surface area contributed by atoms with Gasteiger partial charge in [-0.1, -0.05) is 13.0 Å². The van der Waals surface area contributed by atoms with Crippen LogP contribution in [0.15, 0.2) is 41.3 Å². The van der Waals surface area contributed by atoms with Gasteiger partial charge in [0.05, 0.1) is 30.3 Å². The maximum Gasteiger partial charge on any atom is 0.245 e. The van der Waals surface area contributed by atoms with Crippen molar-refractivity contribution < 1.29 is 19.5 Å². The molecule has 10 nitrogen and oxygen atoms in total. The van der Waals surface area contributed by atoms with Crippen LogP contribution in [-0.4, -0.2) is 64.3 Å². The van der Waals surface area contributed by atoms with Crippen LogP contribution in [0, 0.1) is 19.3 Å². The first-order valence-corrected chi connectivity index (χ1v) is 14.7. The summed E-state index contributed by atoms with van der Waals surface area (Å²) < 4.78 is 2.16. The van der Waals surface area contributed by atoms with Gasteiger partial charge in [-0.15, -0.1) is 0 Å². The Morgan fingerprint density at radius 2 is 1.83 bits per heavy atom. The number of carbonyl (C=O) groups is 3. The molecule has 0 unspecified atom stereocenters. The zero-order valence-electron chi connectivity index (χ0n) is 23.9.